The Morgan fingerprint density at radius 2 is 1.77 bits per heavy atom. The molecule has 0 aliphatic heterocycles. The molecule has 0 heterocycles. The highest BCUT2D eigenvalue weighted by molar-refractivity contribution is 7.80. The molecule has 0 fully saturated rings. The molecule has 0 saturated carbocycles. The monoisotopic (exact) mass is 314 g/mol. The third-order valence-electron chi connectivity index (χ3n) is 3.36. The van der Waals surface area contributed by atoms with Crippen molar-refractivity contribution >= 4 is 23.0 Å². The molecule has 2 rings (SSSR count). The molecule has 0 saturated heterocycles. The lowest BCUT2D eigenvalue weighted by molar-refractivity contribution is 0.204. The molecular weight excluding hydrogens is 292 g/mol. The number of rotatable bonds is 6. The Kier molecular flexibility index (Phi) is 6.37. The summed E-state index contributed by atoms with van der Waals surface area (Å²) in [5.74, 6) is 0. The lowest BCUT2D eigenvalue weighted by Crippen LogP contribution is -2.40. The Morgan fingerprint density at radius 1 is 1.09 bits per heavy atom. The van der Waals surface area contributed by atoms with Crippen molar-refractivity contribution in [2.45, 2.75) is 13.5 Å². The zero-order valence-electron chi connectivity index (χ0n) is 13.1. The van der Waals surface area contributed by atoms with E-state index < -0.39 is 0 Å². The fraction of sp³-hybridized carbons (Fsp3) is 0.278. The number of methoxy groups -OCH3 is 1. The first kappa shape index (κ1) is 16.5. The summed E-state index contributed by atoms with van der Waals surface area (Å²) < 4.78 is 5.07. The number of nitrogens with one attached hydrogen (secondary N) is 1. The highest BCUT2D eigenvalue weighted by Crippen LogP contribution is 2.18. The summed E-state index contributed by atoms with van der Waals surface area (Å²) in [4.78, 5) is 2.11. The van der Waals surface area contributed by atoms with Crippen LogP contribution < -0.4 is 10.2 Å². The van der Waals surface area contributed by atoms with Crippen LogP contribution in [0.2, 0.25) is 0 Å². The van der Waals surface area contributed by atoms with Gasteiger partial charge in [-0.1, -0.05) is 48.0 Å². The second kappa shape index (κ2) is 8.51. The summed E-state index contributed by atoms with van der Waals surface area (Å²) in [5.41, 5.74) is 3.55. The molecule has 0 bridgehead atoms. The molecule has 0 spiro atoms. The zero-order chi connectivity index (χ0) is 15.8. The van der Waals surface area contributed by atoms with E-state index in [0.717, 1.165) is 12.2 Å². The number of aryl methyl sites for hydroxylation is 1. The molecule has 0 aromatic heterocycles. The number of thiocarbonyl (C=S) groups is 1. The summed E-state index contributed by atoms with van der Waals surface area (Å²) in [6.07, 6.45) is 0. The molecule has 1 N–H and O–H groups in total. The summed E-state index contributed by atoms with van der Waals surface area (Å²) in [6, 6.07) is 18.7. The molecule has 2 aromatic rings. The molecule has 0 radical (unpaired) electrons. The van der Waals surface area contributed by atoms with Gasteiger partial charge in [-0.15, -0.1) is 0 Å². The van der Waals surface area contributed by atoms with Gasteiger partial charge < -0.3 is 15.0 Å². The molecule has 0 aliphatic rings. The van der Waals surface area contributed by atoms with E-state index in [4.69, 9.17) is 17.0 Å². The number of ether oxygens (including phenoxy) is 1. The van der Waals surface area contributed by atoms with E-state index in [-0.39, 0.29) is 0 Å². The Balaban J connectivity index is 2.16. The van der Waals surface area contributed by atoms with Crippen molar-refractivity contribution in [2.24, 2.45) is 0 Å². The largest absolute Gasteiger partial charge is 0.383 e. The molecule has 0 atom stereocenters. The van der Waals surface area contributed by atoms with Crippen molar-refractivity contribution in [2.75, 3.05) is 25.2 Å². The van der Waals surface area contributed by atoms with Crippen LogP contribution in [0.15, 0.2) is 54.6 Å². The Hall–Kier alpha value is -1.91. The highest BCUT2D eigenvalue weighted by atomic mass is 32.1. The standard InChI is InChI=1S/C18H22N2OS/c1-15-8-10-17(11-9-15)20(18(22)19-12-13-21-2)14-16-6-4-3-5-7-16/h3-11H,12-14H2,1-2H3,(H,19,22). The fourth-order valence-corrected chi connectivity index (χ4v) is 2.40. The van der Waals surface area contributed by atoms with E-state index in [1.165, 1.54) is 11.1 Å². The lowest BCUT2D eigenvalue weighted by atomic mass is 10.2. The van der Waals surface area contributed by atoms with Crippen molar-refractivity contribution < 1.29 is 4.74 Å². The van der Waals surface area contributed by atoms with Crippen LogP contribution in [0.5, 0.6) is 0 Å². The third-order valence-corrected chi connectivity index (χ3v) is 3.72. The SMILES string of the molecule is COCCNC(=S)N(Cc1ccccc1)c1ccc(C)cc1. The van der Waals surface area contributed by atoms with E-state index in [2.05, 4.69) is 53.5 Å². The van der Waals surface area contributed by atoms with Gasteiger partial charge in [0.2, 0.25) is 0 Å². The minimum absolute atomic E-state index is 0.632. The number of hydrogen-bond acceptors (Lipinski definition) is 2. The normalized spacial score (nSPS) is 10.3. The molecule has 116 valence electrons. The van der Waals surface area contributed by atoms with Crippen molar-refractivity contribution in [1.29, 1.82) is 0 Å². The molecule has 2 aromatic carbocycles. The van der Waals surface area contributed by atoms with Gasteiger partial charge >= 0.3 is 0 Å². The van der Waals surface area contributed by atoms with Gasteiger partial charge in [0, 0.05) is 19.3 Å². The topological polar surface area (TPSA) is 24.5 Å². The predicted octanol–water partition coefficient (Wildman–Crippen LogP) is 3.52. The van der Waals surface area contributed by atoms with Gasteiger partial charge in [0.15, 0.2) is 5.11 Å². The maximum Gasteiger partial charge on any atom is 0.173 e. The molecule has 4 heteroatoms. The van der Waals surface area contributed by atoms with Gasteiger partial charge in [-0.2, -0.15) is 0 Å². The lowest BCUT2D eigenvalue weighted by Gasteiger charge is -2.26. The number of hydrogen-bond donors (Lipinski definition) is 1. The molecule has 3 nitrogen and oxygen atoms in total. The van der Waals surface area contributed by atoms with Crippen LogP contribution in [0.3, 0.4) is 0 Å². The van der Waals surface area contributed by atoms with Crippen LogP contribution >= 0.6 is 12.2 Å². The van der Waals surface area contributed by atoms with Gasteiger partial charge in [-0.05, 0) is 36.8 Å². The first-order valence-electron chi connectivity index (χ1n) is 7.35. The number of nitrogens with zero attached hydrogens (tertiary/aromatic N) is 1. The number of benzene rings is 2. The van der Waals surface area contributed by atoms with Gasteiger partial charge in [0.1, 0.15) is 0 Å². The first-order chi connectivity index (χ1) is 10.7. The second-order valence-corrected chi connectivity index (χ2v) is 5.52. The smallest absolute Gasteiger partial charge is 0.173 e. The molecule has 0 amide bonds. The van der Waals surface area contributed by atoms with Crippen molar-refractivity contribution in [3.8, 4) is 0 Å². The predicted molar refractivity (Wildman–Crippen MR) is 96.3 cm³/mol. The Bertz CT molecular complexity index is 584. The molecular formula is C18H22N2OS. The van der Waals surface area contributed by atoms with E-state index in [1.807, 2.05) is 18.2 Å². The van der Waals surface area contributed by atoms with Gasteiger partial charge in [0.05, 0.1) is 13.2 Å². The quantitative estimate of drug-likeness (QED) is 0.651. The first-order valence-corrected chi connectivity index (χ1v) is 7.76. The Labute approximate surface area is 137 Å². The van der Waals surface area contributed by atoms with Crippen LogP contribution in [0.4, 0.5) is 5.69 Å². The fourth-order valence-electron chi connectivity index (χ4n) is 2.13. The van der Waals surface area contributed by atoms with Crippen molar-refractivity contribution in [3.63, 3.8) is 0 Å². The average molecular weight is 314 g/mol. The maximum absolute atomic E-state index is 5.56. The number of anilines is 1. The van der Waals surface area contributed by atoms with Crippen molar-refractivity contribution in [3.05, 3.63) is 65.7 Å². The van der Waals surface area contributed by atoms with Gasteiger partial charge in [0.25, 0.3) is 0 Å². The van der Waals surface area contributed by atoms with Crippen LogP contribution in [-0.2, 0) is 11.3 Å². The minimum atomic E-state index is 0.632. The Morgan fingerprint density at radius 3 is 2.41 bits per heavy atom. The molecule has 0 aliphatic carbocycles. The molecule has 0 unspecified atom stereocenters. The van der Waals surface area contributed by atoms with Crippen LogP contribution in [0.25, 0.3) is 0 Å². The van der Waals surface area contributed by atoms with Gasteiger partial charge in [-0.25, -0.2) is 0 Å². The zero-order valence-corrected chi connectivity index (χ0v) is 13.9. The maximum atomic E-state index is 5.56. The third kappa shape index (κ3) is 4.83. The van der Waals surface area contributed by atoms with E-state index in [0.29, 0.717) is 18.3 Å². The van der Waals surface area contributed by atoms with Gasteiger partial charge in [-0.3, -0.25) is 0 Å². The summed E-state index contributed by atoms with van der Waals surface area (Å²) >= 11 is 5.56. The highest BCUT2D eigenvalue weighted by Gasteiger charge is 2.12. The molecule has 22 heavy (non-hydrogen) atoms. The van der Waals surface area contributed by atoms with E-state index in [9.17, 15) is 0 Å². The van der Waals surface area contributed by atoms with E-state index >= 15 is 0 Å². The summed E-state index contributed by atoms with van der Waals surface area (Å²) in [5, 5.41) is 3.96. The van der Waals surface area contributed by atoms with Crippen LogP contribution in [0, 0.1) is 6.92 Å². The van der Waals surface area contributed by atoms with Crippen molar-refractivity contribution in [1.82, 2.24) is 5.32 Å². The summed E-state index contributed by atoms with van der Waals surface area (Å²) in [6.45, 7) is 4.16. The van der Waals surface area contributed by atoms with E-state index in [1.54, 1.807) is 7.11 Å². The van der Waals surface area contributed by atoms with Crippen LogP contribution in [-0.4, -0.2) is 25.4 Å². The summed E-state index contributed by atoms with van der Waals surface area (Å²) in [7, 11) is 1.69. The minimum Gasteiger partial charge on any atom is -0.383 e. The average Bonchev–Trinajstić information content (AvgIpc) is 2.55. The van der Waals surface area contributed by atoms with Crippen LogP contribution in [0.1, 0.15) is 11.1 Å². The second-order valence-electron chi connectivity index (χ2n) is 5.13.